The van der Waals surface area contributed by atoms with E-state index in [0.29, 0.717) is 0 Å². The third-order valence-electron chi connectivity index (χ3n) is 2.38. The van der Waals surface area contributed by atoms with Crippen molar-refractivity contribution in [2.24, 2.45) is 0 Å². The molecule has 0 amide bonds. The number of hydrogen-bond acceptors (Lipinski definition) is 3. The summed E-state index contributed by atoms with van der Waals surface area (Å²) in [6.07, 6.45) is 2.62. The summed E-state index contributed by atoms with van der Waals surface area (Å²) in [6, 6.07) is 2.20. The summed E-state index contributed by atoms with van der Waals surface area (Å²) in [5, 5.41) is 5.34. The fraction of sp³-hybridized carbons (Fsp3) is 0.600. The highest BCUT2D eigenvalue weighted by Crippen LogP contribution is 2.29. The molecule has 0 radical (unpaired) electrons. The molecule has 1 N–H and O–H groups in total. The van der Waals surface area contributed by atoms with Gasteiger partial charge >= 0.3 is 0 Å². The molecule has 1 aromatic heterocycles. The van der Waals surface area contributed by atoms with Gasteiger partial charge in [0.25, 0.3) is 0 Å². The number of fused-ring (bicyclic) bond motifs is 1. The van der Waals surface area contributed by atoms with E-state index in [1.165, 1.54) is 16.9 Å². The lowest BCUT2D eigenvalue weighted by Gasteiger charge is -2.14. The molecular weight excluding hydrogens is 182 g/mol. The molecule has 0 saturated carbocycles. The van der Waals surface area contributed by atoms with E-state index in [1.54, 1.807) is 0 Å². The summed E-state index contributed by atoms with van der Waals surface area (Å²) in [6.45, 7) is 1.82. The quantitative estimate of drug-likeness (QED) is 0.782. The van der Waals surface area contributed by atoms with Crippen LogP contribution in [0.15, 0.2) is 11.4 Å². The van der Waals surface area contributed by atoms with Crippen LogP contribution in [0.3, 0.4) is 0 Å². The molecule has 1 aromatic rings. The highest BCUT2D eigenvalue weighted by Gasteiger charge is 2.19. The van der Waals surface area contributed by atoms with E-state index >= 15 is 0 Å². The van der Waals surface area contributed by atoms with Gasteiger partial charge in [0.2, 0.25) is 0 Å². The Morgan fingerprint density at radius 1 is 1.69 bits per heavy atom. The van der Waals surface area contributed by atoms with Gasteiger partial charge in [0.05, 0.1) is 6.10 Å². The van der Waals surface area contributed by atoms with Crippen molar-refractivity contribution in [2.45, 2.75) is 18.9 Å². The van der Waals surface area contributed by atoms with Crippen molar-refractivity contribution in [3.05, 3.63) is 21.9 Å². The molecule has 1 aliphatic rings. The fourth-order valence-corrected chi connectivity index (χ4v) is 2.72. The number of nitrogens with one attached hydrogen (secondary N) is 1. The van der Waals surface area contributed by atoms with Crippen LogP contribution in [0.1, 0.15) is 23.0 Å². The molecule has 2 heterocycles. The Morgan fingerprint density at radius 3 is 3.46 bits per heavy atom. The fourth-order valence-electron chi connectivity index (χ4n) is 1.74. The number of ether oxygens (including phenoxy) is 1. The molecule has 72 valence electrons. The van der Waals surface area contributed by atoms with Crippen LogP contribution in [0.25, 0.3) is 0 Å². The van der Waals surface area contributed by atoms with Gasteiger partial charge in [0.1, 0.15) is 0 Å². The lowest BCUT2D eigenvalue weighted by atomic mass is 10.1. The van der Waals surface area contributed by atoms with E-state index in [1.807, 2.05) is 18.4 Å². The number of thiophene rings is 1. The Bertz CT molecular complexity index is 272. The number of aryl methyl sites for hydroxylation is 1. The average molecular weight is 197 g/mol. The first-order chi connectivity index (χ1) is 6.42. The minimum absolute atomic E-state index is 0.272. The summed E-state index contributed by atoms with van der Waals surface area (Å²) < 4.78 is 5.77. The smallest absolute Gasteiger partial charge is 0.0959 e. The van der Waals surface area contributed by atoms with Crippen LogP contribution >= 0.6 is 11.3 Å². The molecule has 13 heavy (non-hydrogen) atoms. The standard InChI is InChI=1S/C10H15NOS/c1-11-7-9-8-4-6-13-10(8)3-2-5-12-9/h4,6,9,11H,2-3,5,7H2,1H3/t9-/m1/s1. The van der Waals surface area contributed by atoms with Gasteiger partial charge in [-0.15, -0.1) is 11.3 Å². The van der Waals surface area contributed by atoms with Gasteiger partial charge in [-0.05, 0) is 36.9 Å². The summed E-state index contributed by atoms with van der Waals surface area (Å²) in [5.74, 6) is 0. The third kappa shape index (κ3) is 1.93. The Morgan fingerprint density at radius 2 is 2.62 bits per heavy atom. The minimum Gasteiger partial charge on any atom is -0.372 e. The van der Waals surface area contributed by atoms with Gasteiger partial charge in [0, 0.05) is 18.0 Å². The summed E-state index contributed by atoms with van der Waals surface area (Å²) in [5.41, 5.74) is 1.40. The van der Waals surface area contributed by atoms with Crippen LogP contribution in [0.4, 0.5) is 0 Å². The number of likely N-dealkylation sites (N-methyl/N-ethyl adjacent to an activating group) is 1. The van der Waals surface area contributed by atoms with E-state index < -0.39 is 0 Å². The Hall–Kier alpha value is -0.380. The second-order valence-electron chi connectivity index (χ2n) is 3.32. The largest absolute Gasteiger partial charge is 0.372 e. The number of rotatable bonds is 2. The molecule has 1 aliphatic heterocycles. The zero-order valence-electron chi connectivity index (χ0n) is 7.88. The zero-order chi connectivity index (χ0) is 9.10. The molecule has 0 fully saturated rings. The molecular formula is C10H15NOS. The first-order valence-electron chi connectivity index (χ1n) is 4.74. The minimum atomic E-state index is 0.272. The van der Waals surface area contributed by atoms with Crippen molar-refractivity contribution in [3.8, 4) is 0 Å². The van der Waals surface area contributed by atoms with Crippen molar-refractivity contribution in [3.63, 3.8) is 0 Å². The van der Waals surface area contributed by atoms with Crippen molar-refractivity contribution in [2.75, 3.05) is 20.2 Å². The zero-order valence-corrected chi connectivity index (χ0v) is 8.69. The Kier molecular flexibility index (Phi) is 2.98. The van der Waals surface area contributed by atoms with Gasteiger partial charge in [-0.25, -0.2) is 0 Å². The maximum absolute atomic E-state index is 5.77. The molecule has 0 saturated heterocycles. The second-order valence-corrected chi connectivity index (χ2v) is 4.32. The Balaban J connectivity index is 2.20. The van der Waals surface area contributed by atoms with Gasteiger partial charge in [-0.2, -0.15) is 0 Å². The highest BCUT2D eigenvalue weighted by molar-refractivity contribution is 7.10. The summed E-state index contributed by atoms with van der Waals surface area (Å²) >= 11 is 1.86. The van der Waals surface area contributed by atoms with E-state index in [-0.39, 0.29) is 6.10 Å². The molecule has 2 nitrogen and oxygen atoms in total. The molecule has 0 spiro atoms. The van der Waals surface area contributed by atoms with E-state index in [2.05, 4.69) is 16.8 Å². The van der Waals surface area contributed by atoms with Crippen LogP contribution in [0.5, 0.6) is 0 Å². The third-order valence-corrected chi connectivity index (χ3v) is 3.38. The van der Waals surface area contributed by atoms with E-state index in [0.717, 1.165) is 19.6 Å². The van der Waals surface area contributed by atoms with Gasteiger partial charge in [-0.1, -0.05) is 0 Å². The average Bonchev–Trinajstić information content (AvgIpc) is 2.52. The van der Waals surface area contributed by atoms with Crippen molar-refractivity contribution in [1.82, 2.24) is 5.32 Å². The lowest BCUT2D eigenvalue weighted by Crippen LogP contribution is -2.19. The van der Waals surface area contributed by atoms with Crippen LogP contribution in [0, 0.1) is 0 Å². The molecule has 1 atom stereocenters. The highest BCUT2D eigenvalue weighted by atomic mass is 32.1. The van der Waals surface area contributed by atoms with Crippen LogP contribution < -0.4 is 5.32 Å². The first-order valence-corrected chi connectivity index (χ1v) is 5.62. The van der Waals surface area contributed by atoms with Gasteiger partial charge in [0.15, 0.2) is 0 Å². The molecule has 0 aliphatic carbocycles. The maximum atomic E-state index is 5.77. The topological polar surface area (TPSA) is 21.3 Å². The van der Waals surface area contributed by atoms with Crippen LogP contribution in [-0.2, 0) is 11.2 Å². The molecule has 3 heteroatoms. The van der Waals surface area contributed by atoms with Crippen LogP contribution in [-0.4, -0.2) is 20.2 Å². The number of hydrogen-bond donors (Lipinski definition) is 1. The predicted molar refractivity (Wildman–Crippen MR) is 55.3 cm³/mol. The van der Waals surface area contributed by atoms with Gasteiger partial charge < -0.3 is 10.1 Å². The van der Waals surface area contributed by atoms with Crippen molar-refractivity contribution < 1.29 is 4.74 Å². The maximum Gasteiger partial charge on any atom is 0.0959 e. The molecule has 0 unspecified atom stereocenters. The second kappa shape index (κ2) is 4.22. The SMILES string of the molecule is CNC[C@H]1OCCCc2sccc21. The molecule has 0 aromatic carbocycles. The molecule has 0 bridgehead atoms. The van der Waals surface area contributed by atoms with E-state index in [9.17, 15) is 0 Å². The summed E-state index contributed by atoms with van der Waals surface area (Å²) in [7, 11) is 1.97. The molecule has 2 rings (SSSR count). The van der Waals surface area contributed by atoms with Gasteiger partial charge in [-0.3, -0.25) is 0 Å². The van der Waals surface area contributed by atoms with E-state index in [4.69, 9.17) is 4.74 Å². The van der Waals surface area contributed by atoms with Crippen molar-refractivity contribution >= 4 is 11.3 Å². The van der Waals surface area contributed by atoms with Crippen molar-refractivity contribution in [1.29, 1.82) is 0 Å². The normalized spacial score (nSPS) is 22.4. The predicted octanol–water partition coefficient (Wildman–Crippen LogP) is 1.97. The monoisotopic (exact) mass is 197 g/mol. The first kappa shape index (κ1) is 9.19. The van der Waals surface area contributed by atoms with Crippen LogP contribution in [0.2, 0.25) is 0 Å². The summed E-state index contributed by atoms with van der Waals surface area (Å²) in [4.78, 5) is 1.51. The Labute approximate surface area is 82.9 Å². The lowest BCUT2D eigenvalue weighted by molar-refractivity contribution is 0.0579.